The number of hydrogen-bond donors (Lipinski definition) is 3. The molecule has 2 fully saturated rings. The summed E-state index contributed by atoms with van der Waals surface area (Å²) < 4.78 is 12.8. The minimum Gasteiger partial charge on any atom is -0.390 e. The lowest BCUT2D eigenvalue weighted by Gasteiger charge is -2.35. The third kappa shape index (κ3) is 7.50. The fourth-order valence-electron chi connectivity index (χ4n) is 5.78. The number of nitrogens with one attached hydrogen (secondary N) is 1. The Morgan fingerprint density at radius 3 is 2.29 bits per heavy atom. The van der Waals surface area contributed by atoms with Crippen LogP contribution in [0, 0.1) is 0 Å². The van der Waals surface area contributed by atoms with Crippen molar-refractivity contribution in [1.29, 1.82) is 0 Å². The van der Waals surface area contributed by atoms with Gasteiger partial charge in [-0.3, -0.25) is 9.58 Å². The van der Waals surface area contributed by atoms with Crippen LogP contribution in [-0.2, 0) is 29.7 Å². The molecule has 1 unspecified atom stereocenters. The van der Waals surface area contributed by atoms with Crippen LogP contribution in [0.2, 0.25) is 5.28 Å². The molecule has 0 bridgehead atoms. The van der Waals surface area contributed by atoms with Gasteiger partial charge in [0, 0.05) is 61.8 Å². The number of aryl methyl sites for hydroxylation is 1. The number of benzene rings is 1. The summed E-state index contributed by atoms with van der Waals surface area (Å²) in [6.45, 7) is 7.46. The molecule has 3 atom stereocenters. The first-order valence-corrected chi connectivity index (χ1v) is 16.1. The number of aromatic nitrogens is 6. The molecule has 48 heavy (non-hydrogen) atoms. The Morgan fingerprint density at radius 2 is 1.69 bits per heavy atom. The van der Waals surface area contributed by atoms with Crippen molar-refractivity contribution in [3.8, 4) is 11.4 Å². The largest absolute Gasteiger partial charge is 0.390 e. The van der Waals surface area contributed by atoms with Crippen LogP contribution in [0.15, 0.2) is 48.8 Å². The number of aliphatic hydroxyl groups is 2. The third-order valence-corrected chi connectivity index (χ3v) is 8.46. The summed E-state index contributed by atoms with van der Waals surface area (Å²) in [6, 6.07) is 9.90. The van der Waals surface area contributed by atoms with Gasteiger partial charge in [-0.05, 0) is 49.7 Å². The van der Waals surface area contributed by atoms with E-state index in [9.17, 15) is 15.0 Å². The second kappa shape index (κ2) is 14.8. The van der Waals surface area contributed by atoms with Crippen molar-refractivity contribution < 1.29 is 24.5 Å². The number of urea groups is 1. The summed E-state index contributed by atoms with van der Waals surface area (Å²) in [5.41, 5.74) is 2.46. The predicted molar refractivity (Wildman–Crippen MR) is 179 cm³/mol. The van der Waals surface area contributed by atoms with E-state index >= 15 is 0 Å². The van der Waals surface area contributed by atoms with E-state index in [1.807, 2.05) is 11.8 Å². The molecule has 2 aliphatic heterocycles. The van der Waals surface area contributed by atoms with Gasteiger partial charge in [0.25, 0.3) is 0 Å². The van der Waals surface area contributed by atoms with E-state index in [2.05, 4.69) is 37.2 Å². The Bertz CT molecular complexity index is 1720. The van der Waals surface area contributed by atoms with Crippen LogP contribution >= 0.6 is 11.6 Å². The minimum absolute atomic E-state index is 0.0275. The quantitative estimate of drug-likeness (QED) is 0.175. The fourth-order valence-corrected chi connectivity index (χ4v) is 5.96. The van der Waals surface area contributed by atoms with Crippen LogP contribution in [0.4, 0.5) is 22.1 Å². The summed E-state index contributed by atoms with van der Waals surface area (Å²) in [5.74, 6) is 1.64. The molecule has 254 valence electrons. The number of anilines is 3. The Morgan fingerprint density at radius 1 is 1.02 bits per heavy atom. The lowest BCUT2D eigenvalue weighted by molar-refractivity contribution is 0.0984. The van der Waals surface area contributed by atoms with Crippen molar-refractivity contribution >= 4 is 35.0 Å². The van der Waals surface area contributed by atoms with Gasteiger partial charge in [0.15, 0.2) is 12.1 Å². The van der Waals surface area contributed by atoms with Crippen molar-refractivity contribution in [2.75, 3.05) is 54.2 Å². The first-order chi connectivity index (χ1) is 23.2. The molecule has 3 N–H and O–H groups in total. The standard InChI is InChI=1S/C32H39ClN10O5/c1-20-18-47-10-8-41(20)27-12-24(17-44)36-29(38-27)23-4-6-25(7-5-23)43(32(46)34-14-22-15-35-40(3)16-22)30(45)26-13-28(39-31(33)37-26)42-9-11-48-19-21(42)2/h4-7,12-13,15-16,20-21,30,44-45H,8-11,14,17-19H2,1-3H3,(H,34,46)/t20-,21-,30?/m0/s1. The molecule has 0 radical (unpaired) electrons. The van der Waals surface area contributed by atoms with E-state index in [4.69, 9.17) is 26.1 Å². The van der Waals surface area contributed by atoms with Gasteiger partial charge in [-0.25, -0.2) is 24.7 Å². The number of rotatable bonds is 9. The molecule has 0 spiro atoms. The zero-order valence-corrected chi connectivity index (χ0v) is 27.8. The number of aliphatic hydroxyl groups excluding tert-OH is 2. The molecule has 2 amide bonds. The normalized spacial score (nSPS) is 18.9. The Balaban J connectivity index is 1.32. The highest BCUT2D eigenvalue weighted by atomic mass is 35.5. The van der Waals surface area contributed by atoms with Crippen molar-refractivity contribution in [2.45, 2.75) is 45.3 Å². The summed E-state index contributed by atoms with van der Waals surface area (Å²) in [7, 11) is 1.79. The first-order valence-electron chi connectivity index (χ1n) is 15.8. The summed E-state index contributed by atoms with van der Waals surface area (Å²) in [4.78, 5) is 37.2. The molecule has 16 heteroatoms. The van der Waals surface area contributed by atoms with Crippen molar-refractivity contribution in [2.24, 2.45) is 7.05 Å². The highest BCUT2D eigenvalue weighted by Crippen LogP contribution is 2.31. The van der Waals surface area contributed by atoms with Gasteiger partial charge in [-0.1, -0.05) is 0 Å². The number of nitrogens with zero attached hydrogens (tertiary/aromatic N) is 9. The van der Waals surface area contributed by atoms with Crippen LogP contribution in [0.1, 0.15) is 37.0 Å². The molecule has 0 aliphatic carbocycles. The number of hydrogen-bond acceptors (Lipinski definition) is 12. The van der Waals surface area contributed by atoms with Crippen molar-refractivity contribution in [3.63, 3.8) is 0 Å². The number of carbonyl (C=O) groups excluding carboxylic acids is 1. The number of ether oxygens (including phenoxy) is 2. The third-order valence-electron chi connectivity index (χ3n) is 8.29. The Kier molecular flexibility index (Phi) is 10.3. The molecule has 2 saturated heterocycles. The van der Waals surface area contributed by atoms with Crippen LogP contribution in [-0.4, -0.2) is 97.6 Å². The zero-order chi connectivity index (χ0) is 33.8. The lowest BCUT2D eigenvalue weighted by atomic mass is 10.1. The van der Waals surface area contributed by atoms with Crippen LogP contribution < -0.4 is 20.0 Å². The predicted octanol–water partition coefficient (Wildman–Crippen LogP) is 2.67. The van der Waals surface area contributed by atoms with Gasteiger partial charge < -0.3 is 34.8 Å². The highest BCUT2D eigenvalue weighted by molar-refractivity contribution is 6.28. The molecule has 0 saturated carbocycles. The topological polar surface area (TPSA) is 167 Å². The van der Waals surface area contributed by atoms with Crippen LogP contribution in [0.5, 0.6) is 0 Å². The van der Waals surface area contributed by atoms with Crippen molar-refractivity contribution in [3.05, 3.63) is 71.0 Å². The maximum absolute atomic E-state index is 13.8. The number of halogens is 1. The smallest absolute Gasteiger partial charge is 0.324 e. The average Bonchev–Trinajstić information content (AvgIpc) is 3.52. The van der Waals surface area contributed by atoms with E-state index in [1.165, 1.54) is 4.90 Å². The monoisotopic (exact) mass is 678 g/mol. The van der Waals surface area contributed by atoms with Gasteiger partial charge in [0.05, 0.1) is 62.7 Å². The molecule has 2 aliphatic rings. The fraction of sp³-hybridized carbons (Fsp3) is 0.438. The number of morpholine rings is 2. The number of carbonyl (C=O) groups is 1. The molecule has 6 rings (SSSR count). The summed E-state index contributed by atoms with van der Waals surface area (Å²) in [6.07, 6.45) is 1.92. The van der Waals surface area contributed by atoms with Crippen molar-refractivity contribution in [1.82, 2.24) is 35.0 Å². The Hall–Kier alpha value is -4.41. The molecular weight excluding hydrogens is 640 g/mol. The van der Waals surface area contributed by atoms with Gasteiger partial charge >= 0.3 is 6.03 Å². The Labute approximate surface area is 283 Å². The molecular formula is C32H39ClN10O5. The van der Waals surface area contributed by atoms with Crippen LogP contribution in [0.25, 0.3) is 11.4 Å². The number of amides is 2. The molecule has 1 aromatic carbocycles. The maximum atomic E-state index is 13.8. The van der Waals surface area contributed by atoms with Crippen LogP contribution in [0.3, 0.4) is 0 Å². The summed E-state index contributed by atoms with van der Waals surface area (Å²) >= 11 is 6.36. The molecule has 4 aromatic rings. The zero-order valence-electron chi connectivity index (χ0n) is 27.0. The lowest BCUT2D eigenvalue weighted by Crippen LogP contribution is -2.45. The van der Waals surface area contributed by atoms with E-state index in [0.29, 0.717) is 73.9 Å². The minimum atomic E-state index is -1.52. The van der Waals surface area contributed by atoms with E-state index in [-0.39, 0.29) is 36.2 Å². The average molecular weight is 679 g/mol. The first kappa shape index (κ1) is 33.5. The SMILES string of the molecule is C[C@H]1COCCN1c1cc(C(O)N(C(=O)NCc2cnn(C)c2)c2ccc(-c3nc(CO)cc(N4CCOC[C@@H]4C)n3)cc2)nc(Cl)n1. The second-order valence-corrected chi connectivity index (χ2v) is 12.2. The van der Waals surface area contributed by atoms with Gasteiger partial charge in [0.2, 0.25) is 5.28 Å². The van der Waals surface area contributed by atoms with E-state index in [1.54, 1.807) is 60.5 Å². The highest BCUT2D eigenvalue weighted by Gasteiger charge is 2.29. The molecule has 3 aromatic heterocycles. The maximum Gasteiger partial charge on any atom is 0.324 e. The van der Waals surface area contributed by atoms with E-state index < -0.39 is 12.3 Å². The van der Waals surface area contributed by atoms with Gasteiger partial charge in [-0.15, -0.1) is 0 Å². The van der Waals surface area contributed by atoms with Gasteiger partial charge in [-0.2, -0.15) is 5.10 Å². The summed E-state index contributed by atoms with van der Waals surface area (Å²) in [5, 5.41) is 28.7. The molecule has 5 heterocycles. The van der Waals surface area contributed by atoms with Gasteiger partial charge in [0.1, 0.15) is 11.6 Å². The van der Waals surface area contributed by atoms with E-state index in [0.717, 1.165) is 5.56 Å². The molecule has 15 nitrogen and oxygen atoms in total. The second-order valence-electron chi connectivity index (χ2n) is 11.8.